The smallest absolute Gasteiger partial charge is 0.0552 e. The van der Waals surface area contributed by atoms with E-state index in [2.05, 4.69) is 208 Å². The molecule has 1 heterocycles. The van der Waals surface area contributed by atoms with E-state index in [1.165, 1.54) is 70.2 Å². The molecule has 8 aromatic carbocycles. The van der Waals surface area contributed by atoms with Crippen LogP contribution in [0.2, 0.25) is 0 Å². The third kappa shape index (κ3) is 8.14. The fraction of sp³-hybridized carbons (Fsp3) is 0.0392. The van der Waals surface area contributed by atoms with Gasteiger partial charge in [-0.3, -0.25) is 0 Å². The van der Waals surface area contributed by atoms with Gasteiger partial charge >= 0.3 is 0 Å². The molecular weight excluding hydrogens is 673 g/mol. The third-order valence-electron chi connectivity index (χ3n) is 9.71. The first-order chi connectivity index (χ1) is 26.6. The van der Waals surface area contributed by atoms with Crippen LogP contribution in [0.1, 0.15) is 22.7 Å². The van der Waals surface area contributed by atoms with E-state index >= 15 is 0 Å². The summed E-state index contributed by atoms with van der Waals surface area (Å²) in [6.45, 7) is 4.62. The van der Waals surface area contributed by atoms with Gasteiger partial charge in [0, 0.05) is 20.2 Å². The molecule has 1 atom stereocenters. The van der Waals surface area contributed by atoms with Crippen LogP contribution >= 0.6 is 11.3 Å². The maximum atomic E-state index is 6.59. The molecule has 0 amide bonds. The summed E-state index contributed by atoms with van der Waals surface area (Å²) in [4.78, 5) is 0. The van der Waals surface area contributed by atoms with Gasteiger partial charge in [0.25, 0.3) is 0 Å². The quantitative estimate of drug-likeness (QED) is 0.166. The molecule has 2 nitrogen and oxygen atoms in total. The lowest BCUT2D eigenvalue weighted by Crippen LogP contribution is -2.11. The van der Waals surface area contributed by atoms with Crippen LogP contribution < -0.4 is 5.73 Å². The number of nitrogens with two attached hydrogens (primary N) is 1. The van der Waals surface area contributed by atoms with Crippen molar-refractivity contribution in [3.63, 3.8) is 0 Å². The Balaban J connectivity index is 0.000000160. The Morgan fingerprint density at radius 1 is 0.389 bits per heavy atom. The van der Waals surface area contributed by atoms with Gasteiger partial charge in [-0.2, -0.15) is 0 Å². The maximum Gasteiger partial charge on any atom is 0.0552 e. The van der Waals surface area contributed by atoms with E-state index in [1.807, 2.05) is 17.4 Å². The van der Waals surface area contributed by atoms with E-state index in [0.29, 0.717) is 0 Å². The van der Waals surface area contributed by atoms with Crippen molar-refractivity contribution in [3.8, 4) is 44.5 Å². The van der Waals surface area contributed by atoms with Crippen molar-refractivity contribution in [3.05, 3.63) is 217 Å². The van der Waals surface area contributed by atoms with Gasteiger partial charge in [0.1, 0.15) is 0 Å². The van der Waals surface area contributed by atoms with Crippen molar-refractivity contribution in [2.45, 2.75) is 13.0 Å². The van der Waals surface area contributed by atoms with Crippen LogP contribution in [-0.4, -0.2) is 6.72 Å². The van der Waals surface area contributed by atoms with Gasteiger partial charge < -0.3 is 11.1 Å². The number of thiophene rings is 1. The summed E-state index contributed by atoms with van der Waals surface area (Å²) < 4.78 is 2.62. The molecule has 3 N–H and O–H groups in total. The minimum Gasteiger partial charge on any atom is -0.320 e. The molecule has 0 saturated carbocycles. The van der Waals surface area contributed by atoms with Crippen LogP contribution in [0.3, 0.4) is 0 Å². The average molecular weight is 715 g/mol. The van der Waals surface area contributed by atoms with Crippen LogP contribution in [0.4, 0.5) is 0 Å². The van der Waals surface area contributed by atoms with Crippen LogP contribution in [-0.2, 0) is 0 Å². The lowest BCUT2D eigenvalue weighted by atomic mass is 9.96. The van der Waals surface area contributed by atoms with Crippen molar-refractivity contribution >= 4 is 38.2 Å². The summed E-state index contributed by atoms with van der Waals surface area (Å²) in [6.07, 6.45) is 0. The molecule has 0 bridgehead atoms. The molecule has 0 aliphatic rings. The van der Waals surface area contributed by atoms with E-state index < -0.39 is 0 Å². The highest BCUT2D eigenvalue weighted by atomic mass is 32.1. The molecule has 1 aromatic heterocycles. The Hall–Kier alpha value is -6.39. The topological polar surface area (TPSA) is 49.9 Å². The largest absolute Gasteiger partial charge is 0.320 e. The second-order valence-corrected chi connectivity index (χ2v) is 14.3. The second-order valence-electron chi connectivity index (χ2n) is 13.2. The Labute approximate surface area is 322 Å². The number of hydrogen-bond acceptors (Lipinski definition) is 3. The number of fused-ring (bicyclic) bond motifs is 3. The Kier molecular flexibility index (Phi) is 11.3. The van der Waals surface area contributed by atoms with Crippen molar-refractivity contribution in [2.75, 3.05) is 0 Å². The molecular formula is C51H42N2S. The summed E-state index contributed by atoms with van der Waals surface area (Å²) in [5.74, 6) is 0. The van der Waals surface area contributed by atoms with E-state index in [0.717, 1.165) is 11.1 Å². The Morgan fingerprint density at radius 2 is 0.796 bits per heavy atom. The molecule has 0 aliphatic carbocycles. The van der Waals surface area contributed by atoms with Gasteiger partial charge in [-0.25, -0.2) is 0 Å². The molecule has 0 aliphatic heterocycles. The minimum atomic E-state index is -0.121. The summed E-state index contributed by atoms with van der Waals surface area (Å²) in [7, 11) is 0. The van der Waals surface area contributed by atoms with Crippen molar-refractivity contribution in [1.29, 1.82) is 5.41 Å². The van der Waals surface area contributed by atoms with Gasteiger partial charge in [-0.15, -0.1) is 11.3 Å². The molecule has 0 spiro atoms. The van der Waals surface area contributed by atoms with E-state index in [9.17, 15) is 0 Å². The van der Waals surface area contributed by atoms with E-state index in [-0.39, 0.29) is 6.04 Å². The molecule has 1 unspecified atom stereocenters. The zero-order chi connectivity index (χ0) is 37.3. The van der Waals surface area contributed by atoms with Gasteiger partial charge in [0.05, 0.1) is 6.04 Å². The van der Waals surface area contributed by atoms with Crippen molar-refractivity contribution in [1.82, 2.24) is 0 Å². The Morgan fingerprint density at radius 3 is 1.37 bits per heavy atom. The van der Waals surface area contributed by atoms with Crippen LogP contribution in [0, 0.1) is 12.3 Å². The Bertz CT molecular complexity index is 2570. The van der Waals surface area contributed by atoms with Crippen molar-refractivity contribution in [2.24, 2.45) is 5.73 Å². The normalized spacial score (nSPS) is 11.2. The fourth-order valence-electron chi connectivity index (χ4n) is 6.75. The van der Waals surface area contributed by atoms with Crippen LogP contribution in [0.25, 0.3) is 64.7 Å². The highest BCUT2D eigenvalue weighted by Crippen LogP contribution is 2.36. The molecule has 9 aromatic rings. The van der Waals surface area contributed by atoms with Gasteiger partial charge in [0.2, 0.25) is 0 Å². The number of rotatable bonds is 6. The molecule has 3 heteroatoms. The first-order valence-corrected chi connectivity index (χ1v) is 18.9. The van der Waals surface area contributed by atoms with E-state index in [1.54, 1.807) is 0 Å². The van der Waals surface area contributed by atoms with E-state index in [4.69, 9.17) is 11.1 Å². The molecule has 9 rings (SSSR count). The average Bonchev–Trinajstić information content (AvgIpc) is 3.63. The first kappa shape index (κ1) is 36.0. The third-order valence-corrected chi connectivity index (χ3v) is 10.8. The minimum absolute atomic E-state index is 0.121. The van der Waals surface area contributed by atoms with Gasteiger partial charge in [-0.05, 0) is 87.5 Å². The number of hydrogen-bond donors (Lipinski definition) is 2. The SMILES string of the molecule is C=N.Cc1ccc(-c2cccc(-c3ccc(-c4ccccc4)cc3)c2)cc1.NC(c1ccc(-c2ccccc2)cc1)c1ccc2c(c1)sc1ccccc12. The number of nitrogens with one attached hydrogen (secondary N) is 1. The van der Waals surface area contributed by atoms with Crippen molar-refractivity contribution < 1.29 is 0 Å². The number of aryl methyl sites for hydroxylation is 1. The first-order valence-electron chi connectivity index (χ1n) is 18.1. The molecule has 0 saturated heterocycles. The molecule has 0 fully saturated rings. The second kappa shape index (κ2) is 17.0. The van der Waals surface area contributed by atoms with Gasteiger partial charge in [0.15, 0.2) is 0 Å². The lowest BCUT2D eigenvalue weighted by Gasteiger charge is -2.13. The standard InChI is InChI=1S/C25H19NS.C25H20.CH3N/c26-25(19-12-10-18(11-13-19)17-6-2-1-3-7-17)20-14-15-22-21-8-4-5-9-23(21)27-24(22)16-20;1-19-10-12-22(13-11-19)24-8-5-9-25(18-24)23-16-14-21(15-17-23)20-6-3-2-4-7-20;1-2/h1-16,25H,26H2;2-18H,1H3;2H,1H2. The summed E-state index contributed by atoms with van der Waals surface area (Å²) in [5, 5.41) is 8.14. The van der Waals surface area contributed by atoms with Gasteiger partial charge in [-0.1, -0.05) is 188 Å². The fourth-order valence-corrected chi connectivity index (χ4v) is 7.91. The number of benzene rings is 8. The lowest BCUT2D eigenvalue weighted by molar-refractivity contribution is 0.874. The highest BCUT2D eigenvalue weighted by Gasteiger charge is 2.12. The van der Waals surface area contributed by atoms with Crippen LogP contribution in [0.15, 0.2) is 200 Å². The summed E-state index contributed by atoms with van der Waals surface area (Å²) >= 11 is 1.83. The molecule has 0 radical (unpaired) electrons. The summed E-state index contributed by atoms with van der Waals surface area (Å²) in [6, 6.07) is 70.8. The molecule has 54 heavy (non-hydrogen) atoms. The maximum absolute atomic E-state index is 6.59. The molecule has 262 valence electrons. The highest BCUT2D eigenvalue weighted by molar-refractivity contribution is 7.25. The zero-order valence-corrected chi connectivity index (χ0v) is 31.1. The predicted octanol–water partition coefficient (Wildman–Crippen LogP) is 14.0. The predicted molar refractivity (Wildman–Crippen MR) is 235 cm³/mol. The monoisotopic (exact) mass is 714 g/mol. The van der Waals surface area contributed by atoms with Crippen LogP contribution in [0.5, 0.6) is 0 Å². The zero-order valence-electron chi connectivity index (χ0n) is 30.3. The summed E-state index contributed by atoms with van der Waals surface area (Å²) in [5.41, 5.74) is 20.1.